The van der Waals surface area contributed by atoms with Crippen LogP contribution in [0.25, 0.3) is 5.65 Å². The summed E-state index contributed by atoms with van der Waals surface area (Å²) in [4.78, 5) is 4.31. The first-order chi connectivity index (χ1) is 13.8. The van der Waals surface area contributed by atoms with Gasteiger partial charge in [-0.15, -0.1) is 5.10 Å². The zero-order valence-electron chi connectivity index (χ0n) is 15.3. The number of benzene rings is 2. The van der Waals surface area contributed by atoms with E-state index in [0.717, 1.165) is 12.0 Å². The summed E-state index contributed by atoms with van der Waals surface area (Å²) in [6.07, 6.45) is 4.85. The quantitative estimate of drug-likeness (QED) is 0.431. The van der Waals surface area contributed by atoms with Crippen LogP contribution < -0.4 is 4.74 Å². The Labute approximate surface area is 166 Å². The van der Waals surface area contributed by atoms with Gasteiger partial charge in [0.1, 0.15) is 5.75 Å². The summed E-state index contributed by atoms with van der Waals surface area (Å²) in [5, 5.41) is 8.69. The Kier molecular flexibility index (Phi) is 5.84. The Morgan fingerprint density at radius 2 is 1.57 bits per heavy atom. The van der Waals surface area contributed by atoms with Crippen molar-refractivity contribution in [1.82, 2.24) is 19.6 Å². The van der Waals surface area contributed by atoms with Crippen LogP contribution in [0.2, 0.25) is 0 Å². The molecule has 0 aliphatic rings. The van der Waals surface area contributed by atoms with Gasteiger partial charge >= 0.3 is 5.16 Å². The van der Waals surface area contributed by atoms with Gasteiger partial charge in [0, 0.05) is 36.4 Å². The molecule has 0 radical (unpaired) electrons. The fraction of sp³-hybridized carbons (Fsp3) is 0.190. The number of aryl methyl sites for hydroxylation is 1. The van der Waals surface area contributed by atoms with Crippen LogP contribution in [0.1, 0.15) is 11.1 Å². The minimum atomic E-state index is -1.29. The summed E-state index contributed by atoms with van der Waals surface area (Å²) in [6, 6.07) is 20.1. The summed E-state index contributed by atoms with van der Waals surface area (Å²) >= 11 is -1.29. The van der Waals surface area contributed by atoms with Crippen molar-refractivity contribution in [2.75, 3.05) is 12.4 Å². The van der Waals surface area contributed by atoms with E-state index < -0.39 is 11.2 Å². The molecule has 0 saturated carbocycles. The van der Waals surface area contributed by atoms with E-state index in [4.69, 9.17) is 4.74 Å². The molecule has 0 aliphatic carbocycles. The second-order valence-electron chi connectivity index (χ2n) is 6.28. The molecule has 0 aliphatic heterocycles. The zero-order valence-corrected chi connectivity index (χ0v) is 16.1. The van der Waals surface area contributed by atoms with E-state index >= 15 is 0 Å². The van der Waals surface area contributed by atoms with Crippen LogP contribution in [0.15, 0.2) is 78.2 Å². The second-order valence-corrected chi connectivity index (χ2v) is 7.74. The predicted molar refractivity (Wildman–Crippen MR) is 108 cm³/mol. The average molecular weight is 392 g/mol. The molecule has 0 bridgehead atoms. The van der Waals surface area contributed by atoms with Gasteiger partial charge in [0.2, 0.25) is 5.65 Å². The molecule has 0 N–H and O–H groups in total. The predicted octanol–water partition coefficient (Wildman–Crippen LogP) is 3.10. The third-order valence-corrected chi connectivity index (χ3v) is 5.62. The summed E-state index contributed by atoms with van der Waals surface area (Å²) in [5.74, 6) is 0.824. The lowest BCUT2D eigenvalue weighted by Gasteiger charge is -2.11. The topological polar surface area (TPSA) is 75.4 Å². The number of imidazole rings is 1. The number of aromatic nitrogens is 4. The second kappa shape index (κ2) is 8.86. The Morgan fingerprint density at radius 3 is 2.29 bits per heavy atom. The van der Waals surface area contributed by atoms with Gasteiger partial charge in [0.05, 0.1) is 6.61 Å². The number of nitrogens with zero attached hydrogens (tertiary/aromatic N) is 4. The molecular weight excluding hydrogens is 372 g/mol. The molecule has 28 heavy (non-hydrogen) atoms. The van der Waals surface area contributed by atoms with Crippen molar-refractivity contribution in [1.29, 1.82) is 0 Å². The van der Waals surface area contributed by atoms with Crippen molar-refractivity contribution < 1.29 is 9.29 Å². The van der Waals surface area contributed by atoms with Gasteiger partial charge in [0.25, 0.3) is 5.88 Å². The highest BCUT2D eigenvalue weighted by atomic mass is 32.2. The summed E-state index contributed by atoms with van der Waals surface area (Å²) < 4.78 is 20.2. The minimum Gasteiger partial charge on any atom is -0.609 e. The molecule has 0 saturated heterocycles. The van der Waals surface area contributed by atoms with Crippen LogP contribution in [0.4, 0.5) is 0 Å². The van der Waals surface area contributed by atoms with Gasteiger partial charge in [-0.05, 0) is 11.1 Å². The summed E-state index contributed by atoms with van der Waals surface area (Å²) in [7, 11) is 0. The molecule has 0 spiro atoms. The van der Waals surface area contributed by atoms with Gasteiger partial charge in [-0.25, -0.2) is 9.38 Å². The molecule has 4 rings (SSSR count). The molecule has 142 valence electrons. The van der Waals surface area contributed by atoms with Crippen LogP contribution in [0.5, 0.6) is 5.88 Å². The number of ether oxygens (including phenoxy) is 1. The van der Waals surface area contributed by atoms with E-state index in [2.05, 4.69) is 27.3 Å². The van der Waals surface area contributed by atoms with Gasteiger partial charge in [-0.2, -0.15) is 0 Å². The van der Waals surface area contributed by atoms with Crippen LogP contribution in [0.3, 0.4) is 0 Å². The molecule has 2 aromatic heterocycles. The molecule has 0 amide bonds. The lowest BCUT2D eigenvalue weighted by molar-refractivity contribution is 0.305. The van der Waals surface area contributed by atoms with Gasteiger partial charge in [-0.3, -0.25) is 0 Å². The lowest BCUT2D eigenvalue weighted by atomic mass is 10.2. The smallest absolute Gasteiger partial charge is 0.347 e. The summed E-state index contributed by atoms with van der Waals surface area (Å²) in [5.41, 5.74) is 2.87. The Hall–Kier alpha value is -2.90. The van der Waals surface area contributed by atoms with Crippen molar-refractivity contribution in [3.63, 3.8) is 0 Å². The van der Waals surface area contributed by atoms with E-state index in [1.54, 1.807) is 16.8 Å². The normalized spacial score (nSPS) is 12.2. The maximum Gasteiger partial charge on any atom is 0.347 e. The first-order valence-electron chi connectivity index (χ1n) is 9.10. The molecule has 7 heteroatoms. The maximum atomic E-state index is 12.8. The van der Waals surface area contributed by atoms with Crippen molar-refractivity contribution in [3.05, 3.63) is 84.2 Å². The minimum absolute atomic E-state index is 0.352. The van der Waals surface area contributed by atoms with E-state index in [0.29, 0.717) is 35.5 Å². The third-order valence-electron chi connectivity index (χ3n) is 4.36. The highest BCUT2D eigenvalue weighted by molar-refractivity contribution is 7.91. The fourth-order valence-corrected chi connectivity index (χ4v) is 4.00. The number of hydrogen-bond donors (Lipinski definition) is 0. The van der Waals surface area contributed by atoms with Crippen LogP contribution in [-0.2, 0) is 24.0 Å². The van der Waals surface area contributed by atoms with Gasteiger partial charge in [-0.1, -0.05) is 65.8 Å². The van der Waals surface area contributed by atoms with Crippen LogP contribution >= 0.6 is 0 Å². The Bertz CT molecular complexity index is 1020. The highest BCUT2D eigenvalue weighted by Gasteiger charge is 2.21. The molecule has 2 aromatic carbocycles. The van der Waals surface area contributed by atoms with E-state index in [9.17, 15) is 4.55 Å². The van der Waals surface area contributed by atoms with E-state index in [1.165, 1.54) is 5.56 Å². The highest BCUT2D eigenvalue weighted by Crippen LogP contribution is 2.19. The van der Waals surface area contributed by atoms with Gasteiger partial charge < -0.3 is 9.29 Å². The molecule has 2 heterocycles. The zero-order chi connectivity index (χ0) is 19.2. The van der Waals surface area contributed by atoms with Crippen molar-refractivity contribution in [2.24, 2.45) is 0 Å². The standard InChI is InChI=1S/C21H20N4O2S/c26-28(16-12-18-9-5-2-6-10-18)21-24-23-20(19-22-13-14-25(19)21)27-15-11-17-7-3-1-4-8-17/h1-10,13-14H,11-12,15-16H2. The molecule has 1 atom stereocenters. The molecule has 6 nitrogen and oxygen atoms in total. The molecule has 1 unspecified atom stereocenters. The number of hydrogen-bond acceptors (Lipinski definition) is 5. The first-order valence-corrected chi connectivity index (χ1v) is 10.4. The third kappa shape index (κ3) is 4.32. The Morgan fingerprint density at radius 1 is 0.893 bits per heavy atom. The Balaban J connectivity index is 1.44. The average Bonchev–Trinajstić information content (AvgIpc) is 3.24. The lowest BCUT2D eigenvalue weighted by Crippen LogP contribution is -2.17. The first kappa shape index (κ1) is 18.5. The monoisotopic (exact) mass is 392 g/mol. The van der Waals surface area contributed by atoms with Crippen LogP contribution in [0, 0.1) is 0 Å². The molecule has 4 aromatic rings. The SMILES string of the molecule is [O-][S+](CCc1ccccc1)c1nnc(OCCc2ccccc2)c2nccn12. The van der Waals surface area contributed by atoms with Crippen molar-refractivity contribution in [3.8, 4) is 5.88 Å². The van der Waals surface area contributed by atoms with Crippen molar-refractivity contribution in [2.45, 2.75) is 18.0 Å². The molecule has 0 fully saturated rings. The van der Waals surface area contributed by atoms with Crippen molar-refractivity contribution >= 4 is 16.8 Å². The maximum absolute atomic E-state index is 12.8. The molecular formula is C21H20N4O2S. The number of fused-ring (bicyclic) bond motifs is 1. The fourth-order valence-electron chi connectivity index (χ4n) is 2.90. The van der Waals surface area contributed by atoms with Crippen LogP contribution in [-0.4, -0.2) is 36.5 Å². The van der Waals surface area contributed by atoms with E-state index in [1.807, 2.05) is 48.5 Å². The largest absolute Gasteiger partial charge is 0.609 e. The van der Waals surface area contributed by atoms with E-state index in [-0.39, 0.29) is 0 Å². The van der Waals surface area contributed by atoms with Gasteiger partial charge in [0.15, 0.2) is 0 Å². The number of rotatable bonds is 8. The summed E-state index contributed by atoms with van der Waals surface area (Å²) in [6.45, 7) is 0.470.